The summed E-state index contributed by atoms with van der Waals surface area (Å²) in [6, 6.07) is 0. The van der Waals surface area contributed by atoms with Crippen molar-refractivity contribution < 1.29 is 4.39 Å². The third kappa shape index (κ3) is 2.61. The molecule has 0 N–H and O–H groups in total. The average Bonchev–Trinajstić information content (AvgIpc) is 2.30. The zero-order valence-corrected chi connectivity index (χ0v) is 9.99. The van der Waals surface area contributed by atoms with E-state index in [4.69, 9.17) is 11.6 Å². The van der Waals surface area contributed by atoms with Gasteiger partial charge in [-0.05, 0) is 25.7 Å². The molecule has 0 saturated carbocycles. The van der Waals surface area contributed by atoms with Crippen LogP contribution >= 0.6 is 11.6 Å². The van der Waals surface area contributed by atoms with Crippen LogP contribution in [0.3, 0.4) is 0 Å². The highest BCUT2D eigenvalue weighted by Gasteiger charge is 2.23. The Kier molecular flexibility index (Phi) is 3.59. The zero-order chi connectivity index (χ0) is 11.5. The Morgan fingerprint density at radius 1 is 1.38 bits per heavy atom. The number of hydrogen-bond acceptors (Lipinski definition) is 3. The van der Waals surface area contributed by atoms with Crippen LogP contribution in [0.4, 0.5) is 10.3 Å². The van der Waals surface area contributed by atoms with Gasteiger partial charge in [-0.3, -0.25) is 0 Å². The van der Waals surface area contributed by atoms with Gasteiger partial charge in [0.15, 0.2) is 5.82 Å². The summed E-state index contributed by atoms with van der Waals surface area (Å²) in [4.78, 5) is 10.0. The lowest BCUT2D eigenvalue weighted by molar-refractivity contribution is 0.397. The van der Waals surface area contributed by atoms with Crippen LogP contribution in [0.2, 0.25) is 0 Å². The Labute approximate surface area is 99.6 Å². The topological polar surface area (TPSA) is 29.0 Å². The third-order valence-electron chi connectivity index (χ3n) is 3.08. The molecule has 3 nitrogen and oxygen atoms in total. The van der Waals surface area contributed by atoms with Crippen molar-refractivity contribution in [3.05, 3.63) is 18.2 Å². The number of nitrogens with zero attached hydrogens (tertiary/aromatic N) is 3. The molecule has 1 unspecified atom stereocenters. The molecule has 2 rings (SSSR count). The number of rotatable bonds is 2. The standard InChI is InChI=1S/C11H15ClFN3/c1-8(12)9-2-4-16(5-3-9)11-14-6-10(13)7-15-11/h6-9H,2-5H2,1H3. The average molecular weight is 244 g/mol. The van der Waals surface area contributed by atoms with E-state index in [2.05, 4.69) is 14.9 Å². The highest BCUT2D eigenvalue weighted by atomic mass is 35.5. The number of aromatic nitrogens is 2. The molecule has 88 valence electrons. The van der Waals surface area contributed by atoms with Gasteiger partial charge in [-0.1, -0.05) is 0 Å². The second-order valence-corrected chi connectivity index (χ2v) is 4.89. The van der Waals surface area contributed by atoms with Crippen molar-refractivity contribution in [3.63, 3.8) is 0 Å². The van der Waals surface area contributed by atoms with Crippen molar-refractivity contribution in [2.45, 2.75) is 25.1 Å². The first-order valence-corrected chi connectivity index (χ1v) is 5.97. The maximum atomic E-state index is 12.7. The summed E-state index contributed by atoms with van der Waals surface area (Å²) in [5.41, 5.74) is 0. The minimum Gasteiger partial charge on any atom is -0.341 e. The molecule has 0 aromatic carbocycles. The zero-order valence-electron chi connectivity index (χ0n) is 9.24. The number of halogens is 2. The molecule has 0 aliphatic carbocycles. The molecule has 0 amide bonds. The van der Waals surface area contributed by atoms with Crippen LogP contribution in [-0.4, -0.2) is 28.4 Å². The van der Waals surface area contributed by atoms with Crippen molar-refractivity contribution >= 4 is 17.5 Å². The fourth-order valence-electron chi connectivity index (χ4n) is 2.03. The Hall–Kier alpha value is -0.900. The minimum atomic E-state index is -0.395. The lowest BCUT2D eigenvalue weighted by Crippen LogP contribution is -2.36. The second-order valence-electron chi connectivity index (χ2n) is 4.20. The van der Waals surface area contributed by atoms with Crippen LogP contribution in [-0.2, 0) is 0 Å². The number of hydrogen-bond donors (Lipinski definition) is 0. The fraction of sp³-hybridized carbons (Fsp3) is 0.636. The van der Waals surface area contributed by atoms with E-state index in [1.54, 1.807) is 0 Å². The smallest absolute Gasteiger partial charge is 0.225 e. The summed E-state index contributed by atoms with van der Waals surface area (Å²) < 4.78 is 12.7. The van der Waals surface area contributed by atoms with Gasteiger partial charge in [-0.2, -0.15) is 0 Å². The first-order chi connectivity index (χ1) is 7.66. The number of piperidine rings is 1. The van der Waals surface area contributed by atoms with E-state index in [0.29, 0.717) is 11.9 Å². The van der Waals surface area contributed by atoms with E-state index in [1.807, 2.05) is 6.92 Å². The molecule has 1 aromatic heterocycles. The number of alkyl halides is 1. The molecule has 0 spiro atoms. The molecule has 2 heterocycles. The van der Waals surface area contributed by atoms with Gasteiger partial charge < -0.3 is 4.90 Å². The third-order valence-corrected chi connectivity index (χ3v) is 3.44. The predicted molar refractivity (Wildman–Crippen MR) is 62.2 cm³/mol. The van der Waals surface area contributed by atoms with Crippen molar-refractivity contribution in [1.29, 1.82) is 0 Å². The van der Waals surface area contributed by atoms with Gasteiger partial charge in [0, 0.05) is 18.5 Å². The summed E-state index contributed by atoms with van der Waals surface area (Å²) in [6.07, 6.45) is 4.51. The lowest BCUT2D eigenvalue weighted by Gasteiger charge is -2.32. The van der Waals surface area contributed by atoms with Crippen molar-refractivity contribution in [2.75, 3.05) is 18.0 Å². The molecule has 1 saturated heterocycles. The molecular weight excluding hydrogens is 229 g/mol. The molecule has 5 heteroatoms. The first kappa shape index (κ1) is 11.6. The van der Waals surface area contributed by atoms with Crippen LogP contribution in [0, 0.1) is 11.7 Å². The first-order valence-electron chi connectivity index (χ1n) is 5.53. The second kappa shape index (κ2) is 4.95. The minimum absolute atomic E-state index is 0.219. The van der Waals surface area contributed by atoms with Crippen LogP contribution in [0.1, 0.15) is 19.8 Å². The summed E-state index contributed by atoms with van der Waals surface area (Å²) >= 11 is 6.07. The van der Waals surface area contributed by atoms with E-state index in [9.17, 15) is 4.39 Å². The van der Waals surface area contributed by atoms with Gasteiger partial charge in [0.05, 0.1) is 12.4 Å². The van der Waals surface area contributed by atoms with Crippen LogP contribution < -0.4 is 4.90 Å². The van der Waals surface area contributed by atoms with Crippen molar-refractivity contribution in [3.8, 4) is 0 Å². The summed E-state index contributed by atoms with van der Waals surface area (Å²) in [7, 11) is 0. The molecule has 1 aliphatic heterocycles. The Morgan fingerprint density at radius 3 is 2.44 bits per heavy atom. The van der Waals surface area contributed by atoms with Gasteiger partial charge >= 0.3 is 0 Å². The maximum Gasteiger partial charge on any atom is 0.225 e. The molecule has 16 heavy (non-hydrogen) atoms. The van der Waals surface area contributed by atoms with Crippen LogP contribution in [0.25, 0.3) is 0 Å². The van der Waals surface area contributed by atoms with Crippen LogP contribution in [0.5, 0.6) is 0 Å². The summed E-state index contributed by atoms with van der Waals surface area (Å²) in [5, 5.41) is 0.219. The van der Waals surface area contributed by atoms with E-state index < -0.39 is 5.82 Å². The SMILES string of the molecule is CC(Cl)C1CCN(c2ncc(F)cn2)CC1. The van der Waals surface area contributed by atoms with Gasteiger partial charge in [-0.25, -0.2) is 14.4 Å². The van der Waals surface area contributed by atoms with Gasteiger partial charge in [0.2, 0.25) is 5.95 Å². The van der Waals surface area contributed by atoms with E-state index in [-0.39, 0.29) is 5.38 Å². The quantitative estimate of drug-likeness (QED) is 0.748. The predicted octanol–water partition coefficient (Wildman–Crippen LogP) is 2.46. The van der Waals surface area contributed by atoms with Crippen molar-refractivity contribution in [1.82, 2.24) is 9.97 Å². The Bertz CT molecular complexity index is 334. The maximum absolute atomic E-state index is 12.7. The summed E-state index contributed by atoms with van der Waals surface area (Å²) in [5.74, 6) is 0.786. The highest BCUT2D eigenvalue weighted by molar-refractivity contribution is 6.20. The largest absolute Gasteiger partial charge is 0.341 e. The molecule has 1 aliphatic rings. The molecule has 1 fully saturated rings. The Morgan fingerprint density at radius 2 is 1.94 bits per heavy atom. The summed E-state index contributed by atoms with van der Waals surface area (Å²) in [6.45, 7) is 3.83. The van der Waals surface area contributed by atoms with Gasteiger partial charge in [0.1, 0.15) is 0 Å². The molecule has 0 radical (unpaired) electrons. The molecule has 1 aromatic rings. The highest BCUT2D eigenvalue weighted by Crippen LogP contribution is 2.25. The Balaban J connectivity index is 1.96. The lowest BCUT2D eigenvalue weighted by atomic mass is 9.94. The monoisotopic (exact) mass is 243 g/mol. The van der Waals surface area contributed by atoms with Gasteiger partial charge in [-0.15, -0.1) is 11.6 Å². The molecule has 0 bridgehead atoms. The van der Waals surface area contributed by atoms with Crippen molar-refractivity contribution in [2.24, 2.45) is 5.92 Å². The van der Waals surface area contributed by atoms with E-state index >= 15 is 0 Å². The van der Waals surface area contributed by atoms with Crippen LogP contribution in [0.15, 0.2) is 12.4 Å². The molecule has 1 atom stereocenters. The molecular formula is C11H15ClFN3. The fourth-order valence-corrected chi connectivity index (χ4v) is 2.28. The van der Waals surface area contributed by atoms with E-state index in [1.165, 1.54) is 12.4 Å². The normalized spacial score (nSPS) is 19.8. The number of anilines is 1. The van der Waals surface area contributed by atoms with E-state index in [0.717, 1.165) is 25.9 Å². The van der Waals surface area contributed by atoms with Gasteiger partial charge in [0.25, 0.3) is 0 Å².